The fourth-order valence-corrected chi connectivity index (χ4v) is 2.34. The van der Waals surface area contributed by atoms with Gasteiger partial charge in [-0.1, -0.05) is 38.5 Å². The summed E-state index contributed by atoms with van der Waals surface area (Å²) in [6, 6.07) is 10.6. The van der Waals surface area contributed by atoms with Crippen molar-refractivity contribution < 1.29 is 0 Å². The minimum absolute atomic E-state index is 0.897. The number of fused-ring (bicyclic) bond motifs is 1. The molecule has 0 aliphatic rings. The van der Waals surface area contributed by atoms with Gasteiger partial charge in [0.2, 0.25) is 0 Å². The van der Waals surface area contributed by atoms with E-state index in [-0.39, 0.29) is 0 Å². The van der Waals surface area contributed by atoms with Gasteiger partial charge in [0.15, 0.2) is 0 Å². The monoisotopic (exact) mass is 271 g/mol. The molecule has 1 aromatic carbocycles. The number of pyridine rings is 1. The predicted molar refractivity (Wildman–Crippen MR) is 87.3 cm³/mol. The Kier molecular flexibility index (Phi) is 5.36. The number of hydrogen-bond donors (Lipinski definition) is 1. The summed E-state index contributed by atoms with van der Waals surface area (Å²) >= 11 is 0. The molecule has 3 nitrogen and oxygen atoms in total. The lowest BCUT2D eigenvalue weighted by Gasteiger charge is -2.20. The topological polar surface area (TPSA) is 28.2 Å². The smallest absolute Gasteiger partial charge is 0.129 e. The van der Waals surface area contributed by atoms with Crippen LogP contribution in [-0.2, 0) is 6.54 Å². The van der Waals surface area contributed by atoms with E-state index in [2.05, 4.69) is 61.4 Å². The van der Waals surface area contributed by atoms with Gasteiger partial charge in [0.1, 0.15) is 5.82 Å². The first-order valence-electron chi connectivity index (χ1n) is 7.56. The third kappa shape index (κ3) is 3.48. The van der Waals surface area contributed by atoms with Gasteiger partial charge in [-0.25, -0.2) is 4.98 Å². The first-order valence-corrected chi connectivity index (χ1v) is 7.56. The second-order valence-corrected chi connectivity index (χ2v) is 5.21. The maximum absolute atomic E-state index is 4.79. The molecular formula is C17H25N3. The van der Waals surface area contributed by atoms with Gasteiger partial charge in [0.05, 0.1) is 5.52 Å². The molecule has 0 fully saturated rings. The Balaban J connectivity index is 2.35. The van der Waals surface area contributed by atoms with Crippen LogP contribution in [0.25, 0.3) is 10.9 Å². The van der Waals surface area contributed by atoms with E-state index in [0.717, 1.165) is 31.0 Å². The van der Waals surface area contributed by atoms with Crippen LogP contribution >= 0.6 is 0 Å². The van der Waals surface area contributed by atoms with Gasteiger partial charge in [0.25, 0.3) is 0 Å². The Morgan fingerprint density at radius 3 is 2.75 bits per heavy atom. The zero-order chi connectivity index (χ0) is 14.4. The molecule has 1 aromatic heterocycles. The molecule has 2 rings (SSSR count). The summed E-state index contributed by atoms with van der Waals surface area (Å²) in [5.74, 6) is 1.07. The first-order chi connectivity index (χ1) is 9.76. The zero-order valence-corrected chi connectivity index (χ0v) is 12.8. The molecular weight excluding hydrogens is 246 g/mol. The van der Waals surface area contributed by atoms with Crippen LogP contribution in [0.15, 0.2) is 30.3 Å². The first kappa shape index (κ1) is 14.8. The second-order valence-electron chi connectivity index (χ2n) is 5.21. The summed E-state index contributed by atoms with van der Waals surface area (Å²) < 4.78 is 0. The Hall–Kier alpha value is -1.61. The zero-order valence-electron chi connectivity index (χ0n) is 12.8. The van der Waals surface area contributed by atoms with Crippen molar-refractivity contribution >= 4 is 16.7 Å². The van der Waals surface area contributed by atoms with Gasteiger partial charge in [-0.15, -0.1) is 0 Å². The number of hydrogen-bond acceptors (Lipinski definition) is 3. The average Bonchev–Trinajstić information content (AvgIpc) is 2.49. The number of nitrogens with one attached hydrogen (secondary N) is 1. The Bertz CT molecular complexity index is 551. The normalized spacial score (nSPS) is 10.9. The fourth-order valence-electron chi connectivity index (χ4n) is 2.34. The van der Waals surface area contributed by atoms with Crippen LogP contribution in [-0.4, -0.2) is 25.1 Å². The quantitative estimate of drug-likeness (QED) is 0.834. The van der Waals surface area contributed by atoms with Gasteiger partial charge in [0, 0.05) is 25.5 Å². The molecule has 108 valence electrons. The van der Waals surface area contributed by atoms with Gasteiger partial charge in [-0.05, 0) is 30.7 Å². The lowest BCUT2D eigenvalue weighted by Crippen LogP contribution is -2.20. The maximum Gasteiger partial charge on any atom is 0.129 e. The highest BCUT2D eigenvalue weighted by molar-refractivity contribution is 5.84. The highest BCUT2D eigenvalue weighted by Gasteiger charge is 2.08. The third-order valence-electron chi connectivity index (χ3n) is 3.59. The van der Waals surface area contributed by atoms with Crippen LogP contribution in [0.3, 0.4) is 0 Å². The maximum atomic E-state index is 4.79. The Morgan fingerprint density at radius 1 is 1.20 bits per heavy atom. The van der Waals surface area contributed by atoms with E-state index in [1.54, 1.807) is 0 Å². The molecule has 0 saturated carbocycles. The van der Waals surface area contributed by atoms with Crippen LogP contribution < -0.4 is 10.2 Å². The number of para-hydroxylation sites is 1. The summed E-state index contributed by atoms with van der Waals surface area (Å²) in [6.45, 7) is 7.30. The standard InChI is InChI=1S/C17H25N3/c1-4-6-11-20(3)17-12-14(13-18-5-2)15-9-7-8-10-16(15)19-17/h7-10,12,18H,4-6,11,13H2,1-3H3. The predicted octanol–water partition coefficient (Wildman–Crippen LogP) is 3.58. The van der Waals surface area contributed by atoms with Crippen molar-refractivity contribution in [2.75, 3.05) is 25.0 Å². The van der Waals surface area contributed by atoms with E-state index in [4.69, 9.17) is 4.98 Å². The molecule has 0 saturated heterocycles. The van der Waals surface area contributed by atoms with Crippen molar-refractivity contribution in [1.82, 2.24) is 10.3 Å². The minimum Gasteiger partial charge on any atom is -0.360 e. The van der Waals surface area contributed by atoms with E-state index >= 15 is 0 Å². The minimum atomic E-state index is 0.897. The average molecular weight is 271 g/mol. The highest BCUT2D eigenvalue weighted by Crippen LogP contribution is 2.22. The van der Waals surface area contributed by atoms with E-state index < -0.39 is 0 Å². The van der Waals surface area contributed by atoms with Gasteiger partial charge in [-0.2, -0.15) is 0 Å². The number of nitrogens with zero attached hydrogens (tertiary/aromatic N) is 2. The molecule has 3 heteroatoms. The Labute approximate surface area is 122 Å². The van der Waals surface area contributed by atoms with E-state index in [0.29, 0.717) is 0 Å². The van der Waals surface area contributed by atoms with Crippen molar-refractivity contribution in [2.45, 2.75) is 33.2 Å². The molecule has 0 bridgehead atoms. The van der Waals surface area contributed by atoms with Crippen molar-refractivity contribution in [3.63, 3.8) is 0 Å². The molecule has 0 aliphatic heterocycles. The summed E-state index contributed by atoms with van der Waals surface area (Å²) in [4.78, 5) is 7.05. The van der Waals surface area contributed by atoms with Crippen molar-refractivity contribution in [3.05, 3.63) is 35.9 Å². The lowest BCUT2D eigenvalue weighted by molar-refractivity contribution is 0.727. The van der Waals surface area contributed by atoms with Crippen LogP contribution in [0.4, 0.5) is 5.82 Å². The summed E-state index contributed by atoms with van der Waals surface area (Å²) in [5, 5.41) is 4.67. The molecule has 0 unspecified atom stereocenters. The molecule has 0 amide bonds. The number of aromatic nitrogens is 1. The van der Waals surface area contributed by atoms with Crippen molar-refractivity contribution in [1.29, 1.82) is 0 Å². The van der Waals surface area contributed by atoms with Crippen molar-refractivity contribution in [3.8, 4) is 0 Å². The molecule has 2 aromatic rings. The second kappa shape index (κ2) is 7.25. The van der Waals surface area contributed by atoms with Gasteiger partial charge >= 0.3 is 0 Å². The van der Waals surface area contributed by atoms with E-state index in [1.807, 2.05) is 0 Å². The van der Waals surface area contributed by atoms with Crippen LogP contribution in [0.2, 0.25) is 0 Å². The number of benzene rings is 1. The van der Waals surface area contributed by atoms with Gasteiger partial charge < -0.3 is 10.2 Å². The van der Waals surface area contributed by atoms with Crippen molar-refractivity contribution in [2.24, 2.45) is 0 Å². The molecule has 0 radical (unpaired) electrons. The highest BCUT2D eigenvalue weighted by atomic mass is 15.2. The fraction of sp³-hybridized carbons (Fsp3) is 0.471. The third-order valence-corrected chi connectivity index (χ3v) is 3.59. The SMILES string of the molecule is CCCCN(C)c1cc(CNCC)c2ccccc2n1. The number of anilines is 1. The molecule has 0 atom stereocenters. The number of unbranched alkanes of at least 4 members (excludes halogenated alkanes) is 1. The summed E-state index contributed by atoms with van der Waals surface area (Å²) in [7, 11) is 2.13. The Morgan fingerprint density at radius 2 is 2.00 bits per heavy atom. The lowest BCUT2D eigenvalue weighted by atomic mass is 10.1. The summed E-state index contributed by atoms with van der Waals surface area (Å²) in [5.41, 5.74) is 2.41. The van der Waals surface area contributed by atoms with E-state index in [1.165, 1.54) is 23.8 Å². The van der Waals surface area contributed by atoms with Crippen LogP contribution in [0.1, 0.15) is 32.3 Å². The molecule has 1 N–H and O–H groups in total. The van der Waals surface area contributed by atoms with Gasteiger partial charge in [-0.3, -0.25) is 0 Å². The van der Waals surface area contributed by atoms with Crippen LogP contribution in [0, 0.1) is 0 Å². The number of rotatable bonds is 7. The molecule has 1 heterocycles. The molecule has 20 heavy (non-hydrogen) atoms. The van der Waals surface area contributed by atoms with Crippen LogP contribution in [0.5, 0.6) is 0 Å². The molecule has 0 spiro atoms. The summed E-state index contributed by atoms with van der Waals surface area (Å²) in [6.07, 6.45) is 2.41. The molecule has 0 aliphatic carbocycles. The van der Waals surface area contributed by atoms with E-state index in [9.17, 15) is 0 Å². The largest absolute Gasteiger partial charge is 0.360 e.